The molecule has 1 saturated heterocycles. The van der Waals surface area contributed by atoms with E-state index in [9.17, 15) is 61.5 Å². The first kappa shape index (κ1) is 64.8. The number of ether oxygens (including phenoxy) is 3. The third kappa shape index (κ3) is 14.9. The van der Waals surface area contributed by atoms with Gasteiger partial charge in [0.05, 0.1) is 58.4 Å². The molecule has 2 aliphatic carbocycles. The molecule has 0 amide bonds. The molecule has 0 unspecified atom stereocenters. The summed E-state index contributed by atoms with van der Waals surface area (Å²) >= 11 is 0. The number of anilines is 7. The minimum atomic E-state index is -5.44. The molecule has 2 heterocycles. The number of hydrogen-bond acceptors (Lipinski definition) is 27. The fourth-order valence-electron chi connectivity index (χ4n) is 7.15. The minimum Gasteiger partial charge on any atom is -0.744 e. The van der Waals surface area contributed by atoms with E-state index < -0.39 is 94.4 Å². The van der Waals surface area contributed by atoms with Gasteiger partial charge in [0.15, 0.2) is 0 Å². The van der Waals surface area contributed by atoms with Crippen molar-refractivity contribution in [1.29, 1.82) is 0 Å². The van der Waals surface area contributed by atoms with E-state index in [0.717, 1.165) is 36.4 Å². The Bertz CT molecular complexity index is 3500. The Labute approximate surface area is 522 Å². The second-order valence-electron chi connectivity index (χ2n) is 15.1. The summed E-state index contributed by atoms with van der Waals surface area (Å²) < 4.78 is 162. The summed E-state index contributed by atoms with van der Waals surface area (Å²) in [5.74, 6) is -2.30. The molecule has 4 aromatic carbocycles. The van der Waals surface area contributed by atoms with E-state index in [1.54, 1.807) is 4.90 Å². The molecule has 0 atom stereocenters. The fraction of sp³-hybridized carbons (Fsp3) is 0.146. The standard InChI is InChI=1S/C41H36N10O17S4.4Na/c1-66-25-5-9-29(31(19-25)69(54,55)56)47-49-35-33(71(60,61)62)17-21-15-23(3-7-27(21)37(35)52)42-39-44-40(46-41(45-39)51-11-13-68-14-12-51)43-24-4-8-28-22(16-24)18-34(72(63,64)65)36(38(28)53)50-48-30-10-6-26(67-2)20-32(30)70(57,58)59;;;;/h3-10,15-20,47-48H,11-14H2,1-2H3,(H,54,55,56)(H,57,58,59)(H,60,61,62)(H,63,64,65)(H2,42,43,44,45,46);;;;/q;4*+1/p-4/b49-35-,50-36+;;;;. The van der Waals surface area contributed by atoms with Gasteiger partial charge in [-0.1, -0.05) is 0 Å². The van der Waals surface area contributed by atoms with E-state index in [2.05, 4.69) is 46.6 Å². The number of nitrogens with zero attached hydrogens (tertiary/aromatic N) is 6. The maximum atomic E-state index is 13.7. The van der Waals surface area contributed by atoms with Crippen LogP contribution in [0, 0.1) is 0 Å². The van der Waals surface area contributed by atoms with Crippen LogP contribution in [-0.4, -0.2) is 130 Å². The number of rotatable bonds is 15. The van der Waals surface area contributed by atoms with Gasteiger partial charge in [0.1, 0.15) is 63.4 Å². The van der Waals surface area contributed by atoms with Crippen molar-refractivity contribution >= 4 is 116 Å². The second kappa shape index (κ2) is 26.0. The molecule has 8 rings (SSSR count). The molecular weight excluding hydrogens is 1120 g/mol. The van der Waals surface area contributed by atoms with Crippen LogP contribution in [0.2, 0.25) is 0 Å². The SMILES string of the molecule is COc1ccc(N/N=C2/C(=O)c3ccc(Nc4nc(Nc5ccc6c(c5)C=C(S(=O)(=O)[O-])/C(=N/Nc5ccc(OC)cc5S(=O)(=O)[O-])C6=O)nc(N5CCOCC5)n4)cc3C=C2S(=O)(=O)[O-])c(S(=O)(=O)[O-])c1.[Na+].[Na+].[Na+].[Na+]. The molecule has 1 aromatic heterocycles. The van der Waals surface area contributed by atoms with E-state index in [-0.39, 0.29) is 181 Å². The average Bonchev–Trinajstić information content (AvgIpc) is 3.32. The Morgan fingerprint density at radius 1 is 0.553 bits per heavy atom. The van der Waals surface area contributed by atoms with Gasteiger partial charge in [-0.2, -0.15) is 25.2 Å². The van der Waals surface area contributed by atoms with Crippen LogP contribution in [0.1, 0.15) is 31.8 Å². The smallest absolute Gasteiger partial charge is 0.744 e. The van der Waals surface area contributed by atoms with Crippen molar-refractivity contribution in [1.82, 2.24) is 15.0 Å². The van der Waals surface area contributed by atoms with E-state index in [1.807, 2.05) is 0 Å². The maximum absolute atomic E-state index is 13.7. The van der Waals surface area contributed by atoms with Gasteiger partial charge in [-0.05, 0) is 96.1 Å². The number of ketones is 2. The number of Topliss-reactive ketones (excluding diaryl/α,β-unsaturated/α-hetero) is 2. The summed E-state index contributed by atoms with van der Waals surface area (Å²) in [5, 5.41) is 13.4. The monoisotopic (exact) mass is 1160 g/mol. The van der Waals surface area contributed by atoms with Crippen molar-refractivity contribution in [2.75, 3.05) is 66.9 Å². The molecule has 1 aliphatic heterocycles. The first-order chi connectivity index (χ1) is 33.9. The van der Waals surface area contributed by atoms with Gasteiger partial charge in [-0.3, -0.25) is 20.4 Å². The molecule has 0 radical (unpaired) electrons. The predicted molar refractivity (Wildman–Crippen MR) is 250 cm³/mol. The van der Waals surface area contributed by atoms with Crippen LogP contribution in [0.5, 0.6) is 11.5 Å². The molecular formula is C41H32N10Na4O17S4. The summed E-state index contributed by atoms with van der Waals surface area (Å²) in [4.78, 5) is 38.8. The third-order valence-electron chi connectivity index (χ3n) is 10.5. The Kier molecular flexibility index (Phi) is 22.2. The van der Waals surface area contributed by atoms with Gasteiger partial charge in [0.25, 0.3) is 0 Å². The Morgan fingerprint density at radius 3 is 1.30 bits per heavy atom. The average molecular weight is 1160 g/mol. The van der Waals surface area contributed by atoms with E-state index in [4.69, 9.17) is 14.2 Å². The van der Waals surface area contributed by atoms with Crippen molar-refractivity contribution in [3.63, 3.8) is 0 Å². The van der Waals surface area contributed by atoms with Crippen molar-refractivity contribution in [3.8, 4) is 11.5 Å². The molecule has 76 heavy (non-hydrogen) atoms. The number of methoxy groups -OCH3 is 2. The van der Waals surface area contributed by atoms with Crippen molar-refractivity contribution in [2.24, 2.45) is 10.2 Å². The van der Waals surface area contributed by atoms with Crippen molar-refractivity contribution < 1.29 is 194 Å². The van der Waals surface area contributed by atoms with E-state index in [0.29, 0.717) is 26.3 Å². The summed E-state index contributed by atoms with van der Waals surface area (Å²) in [5.41, 5.74) is 1.53. The molecule has 376 valence electrons. The second-order valence-corrected chi connectivity index (χ2v) is 20.5. The van der Waals surface area contributed by atoms with Crippen LogP contribution >= 0.6 is 0 Å². The number of allylic oxidation sites excluding steroid dienone is 2. The van der Waals surface area contributed by atoms with E-state index in [1.165, 1.54) is 62.8 Å². The molecule has 3 aliphatic rings. The van der Waals surface area contributed by atoms with Gasteiger partial charge in [-0.25, -0.2) is 33.7 Å². The minimum absolute atomic E-state index is 0. The predicted octanol–water partition coefficient (Wildman–Crippen LogP) is -9.86. The molecule has 1 fully saturated rings. The summed E-state index contributed by atoms with van der Waals surface area (Å²) in [6.07, 6.45) is 1.73. The Hall–Kier alpha value is -3.75. The van der Waals surface area contributed by atoms with Crippen LogP contribution in [0.25, 0.3) is 12.2 Å². The van der Waals surface area contributed by atoms with E-state index >= 15 is 0 Å². The molecule has 0 spiro atoms. The molecule has 27 nitrogen and oxygen atoms in total. The van der Waals surface area contributed by atoms with Gasteiger partial charge in [0, 0.05) is 35.6 Å². The normalized spacial score (nSPS) is 15.5. The molecule has 0 bridgehead atoms. The number of hydrogen-bond donors (Lipinski definition) is 4. The number of fused-ring (bicyclic) bond motifs is 2. The molecule has 0 saturated carbocycles. The topological polar surface area (TPSA) is 405 Å². The summed E-state index contributed by atoms with van der Waals surface area (Å²) in [7, 11) is -18.8. The number of hydrazone groups is 2. The first-order valence-electron chi connectivity index (χ1n) is 20.2. The number of nitrogens with one attached hydrogen (secondary N) is 4. The van der Waals surface area contributed by atoms with Crippen LogP contribution in [0.4, 0.5) is 40.6 Å². The summed E-state index contributed by atoms with van der Waals surface area (Å²) in [6, 6.07) is 14.3. The number of carbonyl (C=O) groups excluding carboxylic acids is 2. The van der Waals surface area contributed by atoms with Crippen LogP contribution in [0.3, 0.4) is 0 Å². The number of aromatic nitrogens is 3. The van der Waals surface area contributed by atoms with Crippen molar-refractivity contribution in [2.45, 2.75) is 9.79 Å². The molecule has 35 heteroatoms. The zero-order chi connectivity index (χ0) is 51.9. The summed E-state index contributed by atoms with van der Waals surface area (Å²) in [6.45, 7) is 1.30. The third-order valence-corrected chi connectivity index (χ3v) is 14.0. The zero-order valence-corrected chi connectivity index (χ0v) is 51.9. The molecule has 5 aromatic rings. The largest absolute Gasteiger partial charge is 1.00 e. The number of benzene rings is 4. The van der Waals surface area contributed by atoms with Gasteiger partial charge >= 0.3 is 118 Å². The van der Waals surface area contributed by atoms with Crippen LogP contribution in [0.15, 0.2) is 103 Å². The zero-order valence-electron chi connectivity index (χ0n) is 40.7. The van der Waals surface area contributed by atoms with Crippen LogP contribution < -0.4 is 154 Å². The quantitative estimate of drug-likeness (QED) is 0.0429. The Morgan fingerprint density at radius 2 is 0.947 bits per heavy atom. The Balaban J connectivity index is 0.00000312. The number of carbonyl (C=O) groups is 2. The maximum Gasteiger partial charge on any atom is 1.00 e. The van der Waals surface area contributed by atoms with Gasteiger partial charge in [-0.15, -0.1) is 0 Å². The first-order valence-corrected chi connectivity index (χ1v) is 25.9. The van der Waals surface area contributed by atoms with Crippen LogP contribution in [-0.2, 0) is 45.2 Å². The molecule has 4 N–H and O–H groups in total. The van der Waals surface area contributed by atoms with Gasteiger partial charge < -0.3 is 48.0 Å². The fourth-order valence-corrected chi connectivity index (χ4v) is 9.73. The van der Waals surface area contributed by atoms with Crippen molar-refractivity contribution in [3.05, 3.63) is 105 Å². The van der Waals surface area contributed by atoms with Gasteiger partial charge in [0.2, 0.25) is 29.4 Å². The number of morpholine rings is 1.